The van der Waals surface area contributed by atoms with Gasteiger partial charge in [-0.2, -0.15) is 13.2 Å². The molecule has 0 spiro atoms. The Morgan fingerprint density at radius 2 is 1.89 bits per heavy atom. The molecule has 18 heavy (non-hydrogen) atoms. The van der Waals surface area contributed by atoms with Crippen LogP contribution in [-0.2, 0) is 4.74 Å². The number of alkyl halides is 3. The fraction of sp³-hybridized carbons (Fsp3) is 0.538. The van der Waals surface area contributed by atoms with Gasteiger partial charge in [0.25, 0.3) is 0 Å². The molecule has 0 amide bonds. The van der Waals surface area contributed by atoms with Crippen molar-refractivity contribution in [2.45, 2.75) is 25.6 Å². The molecule has 1 atom stereocenters. The fourth-order valence-electron chi connectivity index (χ4n) is 1.53. The Morgan fingerprint density at radius 1 is 1.22 bits per heavy atom. The van der Waals surface area contributed by atoms with Gasteiger partial charge in [-0.25, -0.2) is 0 Å². The lowest BCUT2D eigenvalue weighted by atomic mass is 10.1. The highest BCUT2D eigenvalue weighted by molar-refractivity contribution is 5.17. The van der Waals surface area contributed by atoms with Gasteiger partial charge in [-0.15, -0.1) is 0 Å². The molecule has 0 heterocycles. The summed E-state index contributed by atoms with van der Waals surface area (Å²) in [6.45, 7) is 2.90. The first-order valence-corrected chi connectivity index (χ1v) is 5.97. The first-order valence-electron chi connectivity index (χ1n) is 5.97. The number of hydrogen-bond donors (Lipinski definition) is 1. The third-order valence-electron chi connectivity index (χ3n) is 2.46. The van der Waals surface area contributed by atoms with E-state index in [9.17, 15) is 13.2 Å². The summed E-state index contributed by atoms with van der Waals surface area (Å²) < 4.78 is 41.5. The topological polar surface area (TPSA) is 21.3 Å². The van der Waals surface area contributed by atoms with Crippen LogP contribution in [-0.4, -0.2) is 25.9 Å². The molecule has 1 N–H and O–H groups in total. The van der Waals surface area contributed by atoms with Gasteiger partial charge in [0.15, 0.2) is 0 Å². The van der Waals surface area contributed by atoms with Crippen LogP contribution < -0.4 is 5.32 Å². The minimum Gasteiger partial charge on any atom is -0.372 e. The van der Waals surface area contributed by atoms with Crippen molar-refractivity contribution < 1.29 is 17.9 Å². The second-order valence-corrected chi connectivity index (χ2v) is 3.94. The molecule has 0 saturated heterocycles. The number of nitrogens with one attached hydrogen (secondary N) is 1. The van der Waals surface area contributed by atoms with Gasteiger partial charge in [0, 0.05) is 6.54 Å². The Labute approximate surface area is 105 Å². The zero-order valence-corrected chi connectivity index (χ0v) is 10.3. The first-order chi connectivity index (χ1) is 8.53. The van der Waals surface area contributed by atoms with Gasteiger partial charge in [-0.3, -0.25) is 0 Å². The molecule has 1 rings (SSSR count). The molecule has 102 valence electrons. The predicted octanol–water partition coefficient (Wildman–Crippen LogP) is 3.31. The van der Waals surface area contributed by atoms with Gasteiger partial charge in [-0.1, -0.05) is 37.3 Å². The summed E-state index contributed by atoms with van der Waals surface area (Å²) in [6.07, 6.45) is -5.42. The predicted molar refractivity (Wildman–Crippen MR) is 64.4 cm³/mol. The van der Waals surface area contributed by atoms with Crippen LogP contribution in [0.5, 0.6) is 0 Å². The Balaban J connectivity index is 2.51. The summed E-state index contributed by atoms with van der Waals surface area (Å²) in [4.78, 5) is 0. The molecule has 1 unspecified atom stereocenters. The Kier molecular flexibility index (Phi) is 6.15. The van der Waals surface area contributed by atoms with E-state index in [4.69, 9.17) is 4.74 Å². The van der Waals surface area contributed by atoms with Crippen LogP contribution in [0.1, 0.15) is 25.0 Å². The average molecular weight is 261 g/mol. The number of hydrogen-bond acceptors (Lipinski definition) is 2. The van der Waals surface area contributed by atoms with E-state index in [2.05, 4.69) is 5.32 Å². The average Bonchev–Trinajstić information content (AvgIpc) is 2.33. The van der Waals surface area contributed by atoms with E-state index >= 15 is 0 Å². The molecule has 1 aromatic rings. The highest BCUT2D eigenvalue weighted by Gasteiger charge is 2.27. The van der Waals surface area contributed by atoms with Crippen molar-refractivity contribution in [3.05, 3.63) is 35.9 Å². The van der Waals surface area contributed by atoms with E-state index < -0.39 is 12.6 Å². The number of ether oxygens (including phenoxy) is 1. The van der Waals surface area contributed by atoms with E-state index in [1.54, 1.807) is 0 Å². The van der Waals surface area contributed by atoms with Gasteiger partial charge in [-0.05, 0) is 12.1 Å². The Morgan fingerprint density at radius 3 is 2.44 bits per heavy atom. The van der Waals surface area contributed by atoms with Gasteiger partial charge < -0.3 is 10.1 Å². The summed E-state index contributed by atoms with van der Waals surface area (Å²) in [5, 5.41) is 3.09. The molecule has 0 fully saturated rings. The van der Waals surface area contributed by atoms with Gasteiger partial charge in [0.1, 0.15) is 0 Å². The minimum atomic E-state index is -4.17. The Hall–Kier alpha value is -1.07. The molecule has 0 saturated carbocycles. The highest BCUT2D eigenvalue weighted by Crippen LogP contribution is 2.22. The third-order valence-corrected chi connectivity index (χ3v) is 2.46. The molecular formula is C13H18F3NO. The summed E-state index contributed by atoms with van der Waals surface area (Å²) in [6, 6.07) is 9.28. The molecule has 0 aliphatic carbocycles. The van der Waals surface area contributed by atoms with Crippen molar-refractivity contribution >= 4 is 0 Å². The molecule has 1 aromatic carbocycles. The zero-order valence-electron chi connectivity index (χ0n) is 10.3. The zero-order chi connectivity index (χ0) is 13.4. The lowest BCUT2D eigenvalue weighted by Gasteiger charge is -2.19. The Bertz CT molecular complexity index is 327. The van der Waals surface area contributed by atoms with Crippen LogP contribution in [0, 0.1) is 0 Å². The molecule has 0 aromatic heterocycles. The van der Waals surface area contributed by atoms with E-state index in [-0.39, 0.29) is 12.7 Å². The molecule has 5 heteroatoms. The van der Waals surface area contributed by atoms with Crippen LogP contribution in [0.15, 0.2) is 30.3 Å². The number of halogens is 3. The van der Waals surface area contributed by atoms with Crippen LogP contribution in [0.25, 0.3) is 0 Å². The van der Waals surface area contributed by atoms with Gasteiger partial charge in [0.05, 0.1) is 19.1 Å². The maximum atomic E-state index is 12.1. The molecule has 0 aliphatic rings. The summed E-state index contributed by atoms with van der Waals surface area (Å²) >= 11 is 0. The second-order valence-electron chi connectivity index (χ2n) is 3.94. The molecule has 2 nitrogen and oxygen atoms in total. The number of benzene rings is 1. The minimum absolute atomic E-state index is 0.311. The van der Waals surface area contributed by atoms with Crippen LogP contribution in [0.3, 0.4) is 0 Å². The van der Waals surface area contributed by atoms with Gasteiger partial charge >= 0.3 is 6.18 Å². The van der Waals surface area contributed by atoms with Crippen LogP contribution >= 0.6 is 0 Å². The third kappa shape index (κ3) is 6.02. The van der Waals surface area contributed by atoms with Crippen molar-refractivity contribution in [3.63, 3.8) is 0 Å². The first kappa shape index (κ1) is 15.0. The molecule has 0 aliphatic heterocycles. The fourth-order valence-corrected chi connectivity index (χ4v) is 1.53. The second kappa shape index (κ2) is 7.38. The molecule has 0 radical (unpaired) electrons. The quantitative estimate of drug-likeness (QED) is 0.813. The lowest BCUT2D eigenvalue weighted by Crippen LogP contribution is -2.24. The van der Waals surface area contributed by atoms with Crippen LogP contribution in [0.2, 0.25) is 0 Å². The van der Waals surface area contributed by atoms with Crippen molar-refractivity contribution in [2.24, 2.45) is 0 Å². The van der Waals surface area contributed by atoms with E-state index in [0.717, 1.165) is 12.1 Å². The van der Waals surface area contributed by atoms with Crippen molar-refractivity contribution in [1.29, 1.82) is 0 Å². The highest BCUT2D eigenvalue weighted by atomic mass is 19.4. The smallest absolute Gasteiger partial charge is 0.372 e. The summed E-state index contributed by atoms with van der Waals surface area (Å²) in [5.74, 6) is 0. The summed E-state index contributed by atoms with van der Waals surface area (Å²) in [7, 11) is 0. The normalized spacial score (nSPS) is 13.6. The molecular weight excluding hydrogens is 243 g/mol. The van der Waals surface area contributed by atoms with E-state index in [0.29, 0.717) is 6.54 Å². The van der Waals surface area contributed by atoms with Crippen molar-refractivity contribution in [2.75, 3.05) is 19.7 Å². The van der Waals surface area contributed by atoms with Crippen LogP contribution in [0.4, 0.5) is 13.2 Å². The van der Waals surface area contributed by atoms with Gasteiger partial charge in [0.2, 0.25) is 0 Å². The lowest BCUT2D eigenvalue weighted by molar-refractivity contribution is -0.149. The largest absolute Gasteiger partial charge is 0.391 e. The maximum absolute atomic E-state index is 12.1. The SMILES string of the molecule is CCNCC(OCCC(F)(F)F)c1ccccc1. The van der Waals surface area contributed by atoms with E-state index in [1.165, 1.54) is 0 Å². The number of rotatable bonds is 7. The maximum Gasteiger partial charge on any atom is 0.391 e. The number of likely N-dealkylation sites (N-methyl/N-ethyl adjacent to an activating group) is 1. The standard InChI is InChI=1S/C13H18F3NO/c1-2-17-10-12(11-6-4-3-5-7-11)18-9-8-13(14,15)16/h3-7,12,17H,2,8-10H2,1H3. The van der Waals surface area contributed by atoms with E-state index in [1.807, 2.05) is 37.3 Å². The molecule has 0 bridgehead atoms. The van der Waals surface area contributed by atoms with Crippen molar-refractivity contribution in [1.82, 2.24) is 5.32 Å². The summed E-state index contributed by atoms with van der Waals surface area (Å²) in [5.41, 5.74) is 0.889. The van der Waals surface area contributed by atoms with Crippen molar-refractivity contribution in [3.8, 4) is 0 Å². The monoisotopic (exact) mass is 261 g/mol.